The molecule has 0 amide bonds. The predicted octanol–water partition coefficient (Wildman–Crippen LogP) is 3.53. The molecule has 4 nitrogen and oxygen atoms in total. The quantitative estimate of drug-likeness (QED) is 0.791. The molecule has 1 heterocycles. The second-order valence-corrected chi connectivity index (χ2v) is 8.59. The molecule has 0 aliphatic carbocycles. The van der Waals surface area contributed by atoms with E-state index in [4.69, 9.17) is 4.74 Å². The lowest BCUT2D eigenvalue weighted by Gasteiger charge is -2.55. The molecule has 142 valence electrons. The van der Waals surface area contributed by atoms with Gasteiger partial charge in [0.1, 0.15) is 0 Å². The van der Waals surface area contributed by atoms with Gasteiger partial charge in [0.15, 0.2) is 0 Å². The van der Waals surface area contributed by atoms with Crippen LogP contribution in [0.3, 0.4) is 0 Å². The predicted molar refractivity (Wildman–Crippen MR) is 102 cm³/mol. The Morgan fingerprint density at radius 1 is 1.12 bits per heavy atom. The van der Waals surface area contributed by atoms with E-state index < -0.39 is 6.10 Å². The Morgan fingerprint density at radius 3 is 2.20 bits per heavy atom. The summed E-state index contributed by atoms with van der Waals surface area (Å²) in [5.41, 5.74) is 0.858. The third kappa shape index (κ3) is 5.27. The Bertz CT molecular complexity index is 511. The van der Waals surface area contributed by atoms with Gasteiger partial charge in [0.25, 0.3) is 0 Å². The maximum Gasteiger partial charge on any atom is 0.0900 e. The van der Waals surface area contributed by atoms with Gasteiger partial charge in [-0.1, -0.05) is 37.3 Å². The van der Waals surface area contributed by atoms with Gasteiger partial charge >= 0.3 is 0 Å². The summed E-state index contributed by atoms with van der Waals surface area (Å²) in [4.78, 5) is 2.32. The largest absolute Gasteiger partial charge is 0.393 e. The van der Waals surface area contributed by atoms with Crippen molar-refractivity contribution in [2.24, 2.45) is 0 Å². The summed E-state index contributed by atoms with van der Waals surface area (Å²) in [6.45, 7) is 11.5. The van der Waals surface area contributed by atoms with Crippen LogP contribution in [0.4, 0.5) is 0 Å². The number of nitrogens with zero attached hydrogens (tertiary/aromatic N) is 1. The Labute approximate surface area is 152 Å². The van der Waals surface area contributed by atoms with Crippen LogP contribution in [0.5, 0.6) is 0 Å². The molecule has 0 aromatic heterocycles. The molecule has 1 aromatic carbocycles. The number of benzene rings is 1. The highest BCUT2D eigenvalue weighted by molar-refractivity contribution is 5.17. The van der Waals surface area contributed by atoms with Gasteiger partial charge < -0.3 is 14.9 Å². The standard InChI is InChI=1S/C21H35NO3/c1-6-19(16-10-8-7-9-11-16)25-15-18(24)14-22-20(2,3)12-17(23)13-21(22,4)5/h7-11,17-19,23-24H,6,12-15H2,1-5H3/t18-,19-/m0/s1. The summed E-state index contributed by atoms with van der Waals surface area (Å²) in [5, 5.41) is 20.7. The number of rotatable bonds is 7. The van der Waals surface area contributed by atoms with Crippen molar-refractivity contribution < 1.29 is 14.9 Å². The van der Waals surface area contributed by atoms with E-state index in [0.717, 1.165) is 24.8 Å². The zero-order chi connectivity index (χ0) is 18.7. The fourth-order valence-electron chi connectivity index (χ4n) is 4.37. The summed E-state index contributed by atoms with van der Waals surface area (Å²) in [6, 6.07) is 10.2. The number of β-amino-alcohol motifs (C(OH)–C–C–N with tert-alkyl or cyclic N) is 1. The van der Waals surface area contributed by atoms with Crippen molar-refractivity contribution in [1.29, 1.82) is 0 Å². The molecule has 1 aromatic rings. The third-order valence-corrected chi connectivity index (χ3v) is 5.36. The second-order valence-electron chi connectivity index (χ2n) is 8.59. The molecule has 0 saturated carbocycles. The summed E-state index contributed by atoms with van der Waals surface area (Å²) < 4.78 is 6.01. The lowest BCUT2D eigenvalue weighted by Crippen LogP contribution is -2.63. The molecular weight excluding hydrogens is 314 g/mol. The second kappa shape index (κ2) is 8.17. The molecule has 0 bridgehead atoms. The minimum absolute atomic E-state index is 0.0139. The lowest BCUT2D eigenvalue weighted by atomic mass is 9.78. The average molecular weight is 350 g/mol. The number of aliphatic hydroxyl groups excluding tert-OH is 2. The molecule has 2 N–H and O–H groups in total. The van der Waals surface area contributed by atoms with Crippen molar-refractivity contribution in [3.8, 4) is 0 Å². The highest BCUT2D eigenvalue weighted by Crippen LogP contribution is 2.38. The minimum atomic E-state index is -0.549. The van der Waals surface area contributed by atoms with Crippen LogP contribution >= 0.6 is 0 Å². The van der Waals surface area contributed by atoms with Gasteiger partial charge in [-0.3, -0.25) is 4.90 Å². The van der Waals surface area contributed by atoms with E-state index in [0.29, 0.717) is 13.2 Å². The molecule has 1 fully saturated rings. The normalized spacial score (nSPS) is 23.3. The fourth-order valence-corrected chi connectivity index (χ4v) is 4.37. The van der Waals surface area contributed by atoms with E-state index in [1.807, 2.05) is 18.2 Å². The fraction of sp³-hybridized carbons (Fsp3) is 0.714. The van der Waals surface area contributed by atoms with Crippen LogP contribution in [0, 0.1) is 0 Å². The number of ether oxygens (including phenoxy) is 1. The lowest BCUT2D eigenvalue weighted by molar-refractivity contribution is -0.109. The van der Waals surface area contributed by atoms with Crippen LogP contribution in [0.15, 0.2) is 30.3 Å². The SMILES string of the molecule is CC[C@H](OC[C@@H](O)CN1C(C)(C)CC(O)CC1(C)C)c1ccccc1. The van der Waals surface area contributed by atoms with Crippen LogP contribution in [0.1, 0.15) is 65.5 Å². The Kier molecular flexibility index (Phi) is 6.66. The van der Waals surface area contributed by atoms with Crippen molar-refractivity contribution in [2.45, 2.75) is 83.3 Å². The van der Waals surface area contributed by atoms with E-state index >= 15 is 0 Å². The number of piperidine rings is 1. The van der Waals surface area contributed by atoms with Crippen LogP contribution in [-0.4, -0.2) is 51.6 Å². The summed E-state index contributed by atoms with van der Waals surface area (Å²) >= 11 is 0. The van der Waals surface area contributed by atoms with E-state index in [1.54, 1.807) is 0 Å². The van der Waals surface area contributed by atoms with Gasteiger partial charge in [0.05, 0.1) is 24.9 Å². The van der Waals surface area contributed by atoms with Crippen LogP contribution < -0.4 is 0 Å². The molecular formula is C21H35NO3. The Morgan fingerprint density at radius 2 is 1.68 bits per heavy atom. The molecule has 1 saturated heterocycles. The first-order valence-electron chi connectivity index (χ1n) is 9.46. The van der Waals surface area contributed by atoms with Gasteiger partial charge in [0.2, 0.25) is 0 Å². The number of hydrogen-bond acceptors (Lipinski definition) is 4. The zero-order valence-corrected chi connectivity index (χ0v) is 16.4. The van der Waals surface area contributed by atoms with Gasteiger partial charge in [-0.2, -0.15) is 0 Å². The molecule has 1 aliphatic heterocycles. The van der Waals surface area contributed by atoms with Gasteiger partial charge in [-0.15, -0.1) is 0 Å². The minimum Gasteiger partial charge on any atom is -0.393 e. The van der Waals surface area contributed by atoms with E-state index in [1.165, 1.54) is 0 Å². The molecule has 4 heteroatoms. The first-order chi connectivity index (χ1) is 11.7. The van der Waals surface area contributed by atoms with Crippen LogP contribution in [0.2, 0.25) is 0 Å². The van der Waals surface area contributed by atoms with E-state index in [9.17, 15) is 10.2 Å². The highest BCUT2D eigenvalue weighted by atomic mass is 16.5. The Hall–Kier alpha value is -0.940. The van der Waals surface area contributed by atoms with Crippen molar-refractivity contribution >= 4 is 0 Å². The zero-order valence-electron chi connectivity index (χ0n) is 16.4. The molecule has 2 rings (SSSR count). The molecule has 2 atom stereocenters. The van der Waals surface area contributed by atoms with Crippen LogP contribution in [-0.2, 0) is 4.74 Å². The molecule has 0 radical (unpaired) electrons. The molecule has 0 spiro atoms. The monoisotopic (exact) mass is 349 g/mol. The van der Waals surface area contributed by atoms with Crippen molar-refractivity contribution in [2.75, 3.05) is 13.2 Å². The third-order valence-electron chi connectivity index (χ3n) is 5.36. The van der Waals surface area contributed by atoms with Crippen molar-refractivity contribution in [3.05, 3.63) is 35.9 Å². The first-order valence-corrected chi connectivity index (χ1v) is 9.46. The number of likely N-dealkylation sites (tertiary alicyclic amines) is 1. The van der Waals surface area contributed by atoms with Gasteiger partial charge in [-0.05, 0) is 52.5 Å². The number of hydrogen-bond donors (Lipinski definition) is 2. The van der Waals surface area contributed by atoms with Crippen molar-refractivity contribution in [3.63, 3.8) is 0 Å². The summed E-state index contributed by atoms with van der Waals surface area (Å²) in [7, 11) is 0. The average Bonchev–Trinajstić information content (AvgIpc) is 2.51. The summed E-state index contributed by atoms with van der Waals surface area (Å²) in [6.07, 6.45) is 1.52. The highest BCUT2D eigenvalue weighted by Gasteiger charge is 2.45. The maximum atomic E-state index is 10.6. The Balaban J connectivity index is 1.95. The molecule has 0 unspecified atom stereocenters. The first kappa shape index (κ1) is 20.4. The van der Waals surface area contributed by atoms with Crippen molar-refractivity contribution in [1.82, 2.24) is 4.90 Å². The van der Waals surface area contributed by atoms with Gasteiger partial charge in [-0.25, -0.2) is 0 Å². The maximum absolute atomic E-state index is 10.6. The van der Waals surface area contributed by atoms with Crippen LogP contribution in [0.25, 0.3) is 0 Å². The number of aliphatic hydroxyl groups is 2. The molecule has 1 aliphatic rings. The smallest absolute Gasteiger partial charge is 0.0900 e. The topological polar surface area (TPSA) is 52.9 Å². The molecule has 25 heavy (non-hydrogen) atoms. The van der Waals surface area contributed by atoms with E-state index in [2.05, 4.69) is 51.7 Å². The van der Waals surface area contributed by atoms with Gasteiger partial charge in [0, 0.05) is 17.6 Å². The summed E-state index contributed by atoms with van der Waals surface area (Å²) in [5.74, 6) is 0. The van der Waals surface area contributed by atoms with E-state index in [-0.39, 0.29) is 23.3 Å².